The van der Waals surface area contributed by atoms with E-state index in [-0.39, 0.29) is 48.7 Å². The summed E-state index contributed by atoms with van der Waals surface area (Å²) < 4.78 is 27.0. The molecule has 182 valence electrons. The van der Waals surface area contributed by atoms with Crippen molar-refractivity contribution < 1.29 is 18.0 Å². The summed E-state index contributed by atoms with van der Waals surface area (Å²) in [6, 6.07) is 27.4. The topological polar surface area (TPSA) is 86.8 Å². The SMILES string of the molecule is O=C(CCC(=O)N1CCN(S(=O)(=O)c2ccccc2)CC1)NC(c1ccccc1)c1ccccc1. The van der Waals surface area contributed by atoms with Crippen LogP contribution in [0.1, 0.15) is 30.0 Å². The number of sulfonamides is 1. The molecule has 1 aliphatic rings. The number of hydrogen-bond donors (Lipinski definition) is 1. The number of hydrogen-bond acceptors (Lipinski definition) is 4. The molecule has 0 aromatic heterocycles. The molecule has 0 atom stereocenters. The van der Waals surface area contributed by atoms with Crippen molar-refractivity contribution in [1.29, 1.82) is 0 Å². The minimum absolute atomic E-state index is 0.0670. The molecule has 3 aromatic carbocycles. The van der Waals surface area contributed by atoms with Crippen molar-refractivity contribution in [3.05, 3.63) is 102 Å². The van der Waals surface area contributed by atoms with Crippen LogP contribution in [0.2, 0.25) is 0 Å². The second-order valence-corrected chi connectivity index (χ2v) is 10.4. The van der Waals surface area contributed by atoms with Gasteiger partial charge in [0.15, 0.2) is 0 Å². The van der Waals surface area contributed by atoms with Crippen LogP contribution in [0.3, 0.4) is 0 Å². The summed E-state index contributed by atoms with van der Waals surface area (Å²) in [5.41, 5.74) is 1.93. The third-order valence-electron chi connectivity index (χ3n) is 6.11. The Morgan fingerprint density at radius 3 is 1.71 bits per heavy atom. The zero-order chi connectivity index (χ0) is 24.7. The summed E-state index contributed by atoms with van der Waals surface area (Å²) in [6.45, 7) is 1.09. The first-order valence-corrected chi connectivity index (χ1v) is 13.1. The molecule has 2 amide bonds. The molecule has 8 heteroatoms. The number of amides is 2. The van der Waals surface area contributed by atoms with Crippen molar-refractivity contribution >= 4 is 21.8 Å². The maximum Gasteiger partial charge on any atom is 0.243 e. The summed E-state index contributed by atoms with van der Waals surface area (Å²) >= 11 is 0. The molecular weight excluding hydrogens is 462 g/mol. The number of rotatable bonds is 8. The van der Waals surface area contributed by atoms with Crippen molar-refractivity contribution in [3.63, 3.8) is 0 Å². The molecule has 7 nitrogen and oxygen atoms in total. The van der Waals surface area contributed by atoms with Gasteiger partial charge < -0.3 is 10.2 Å². The highest BCUT2D eigenvalue weighted by molar-refractivity contribution is 7.89. The Hall–Kier alpha value is -3.49. The Bertz CT molecular complexity index is 1190. The minimum atomic E-state index is -3.57. The predicted octanol–water partition coefficient (Wildman–Crippen LogP) is 3.21. The van der Waals surface area contributed by atoms with Crippen LogP contribution in [-0.4, -0.2) is 55.6 Å². The summed E-state index contributed by atoms with van der Waals surface area (Å²) in [7, 11) is -3.57. The van der Waals surface area contributed by atoms with Crippen LogP contribution in [0.25, 0.3) is 0 Å². The van der Waals surface area contributed by atoms with E-state index in [4.69, 9.17) is 0 Å². The quantitative estimate of drug-likeness (QED) is 0.524. The minimum Gasteiger partial charge on any atom is -0.345 e. The van der Waals surface area contributed by atoms with Gasteiger partial charge in [0.05, 0.1) is 10.9 Å². The molecule has 3 aromatic rings. The molecule has 0 radical (unpaired) electrons. The Kier molecular flexibility index (Phi) is 7.94. The van der Waals surface area contributed by atoms with Crippen LogP contribution < -0.4 is 5.32 Å². The highest BCUT2D eigenvalue weighted by Gasteiger charge is 2.30. The molecule has 1 saturated heterocycles. The fraction of sp³-hybridized carbons (Fsp3) is 0.259. The van der Waals surface area contributed by atoms with E-state index in [9.17, 15) is 18.0 Å². The molecule has 1 N–H and O–H groups in total. The second-order valence-electron chi connectivity index (χ2n) is 8.42. The van der Waals surface area contributed by atoms with Crippen molar-refractivity contribution in [1.82, 2.24) is 14.5 Å². The molecule has 0 spiro atoms. The monoisotopic (exact) mass is 491 g/mol. The molecule has 1 heterocycles. The van der Waals surface area contributed by atoms with Gasteiger partial charge in [-0.25, -0.2) is 8.42 Å². The zero-order valence-electron chi connectivity index (χ0n) is 19.4. The second kappa shape index (κ2) is 11.3. The maximum atomic E-state index is 12.8. The summed E-state index contributed by atoms with van der Waals surface area (Å²) in [4.78, 5) is 27.4. The van der Waals surface area contributed by atoms with E-state index in [1.807, 2.05) is 60.7 Å². The van der Waals surface area contributed by atoms with Crippen LogP contribution >= 0.6 is 0 Å². The lowest BCUT2D eigenvalue weighted by Gasteiger charge is -2.34. The molecule has 0 saturated carbocycles. The lowest BCUT2D eigenvalue weighted by molar-refractivity contribution is -0.134. The van der Waals surface area contributed by atoms with E-state index in [0.717, 1.165) is 11.1 Å². The van der Waals surface area contributed by atoms with Crippen molar-refractivity contribution in [3.8, 4) is 0 Å². The van der Waals surface area contributed by atoms with Gasteiger partial charge in [0.1, 0.15) is 0 Å². The number of carbonyl (C=O) groups is 2. The van der Waals surface area contributed by atoms with Gasteiger partial charge >= 0.3 is 0 Å². The molecule has 1 fully saturated rings. The van der Waals surface area contributed by atoms with E-state index < -0.39 is 10.0 Å². The lowest BCUT2D eigenvalue weighted by atomic mass is 9.98. The van der Waals surface area contributed by atoms with Gasteiger partial charge in [0.2, 0.25) is 21.8 Å². The Morgan fingerprint density at radius 1 is 0.714 bits per heavy atom. The van der Waals surface area contributed by atoms with Crippen LogP contribution in [0.15, 0.2) is 95.9 Å². The molecular formula is C27H29N3O4S. The fourth-order valence-electron chi connectivity index (χ4n) is 4.18. The van der Waals surface area contributed by atoms with Gasteiger partial charge in [-0.05, 0) is 23.3 Å². The molecule has 0 bridgehead atoms. The van der Waals surface area contributed by atoms with Crippen molar-refractivity contribution in [2.75, 3.05) is 26.2 Å². The first kappa shape index (κ1) is 24.6. The molecule has 0 unspecified atom stereocenters. The van der Waals surface area contributed by atoms with E-state index in [1.165, 1.54) is 4.31 Å². The van der Waals surface area contributed by atoms with E-state index in [1.54, 1.807) is 35.2 Å². The standard InChI is InChI=1S/C27H29N3O4S/c31-25(28-27(22-10-4-1-5-11-22)23-12-6-2-7-13-23)16-17-26(32)29-18-20-30(21-19-29)35(33,34)24-14-8-3-9-15-24/h1-15,27H,16-21H2,(H,28,31). The van der Waals surface area contributed by atoms with Gasteiger partial charge in [0, 0.05) is 39.0 Å². The van der Waals surface area contributed by atoms with Gasteiger partial charge in [-0.15, -0.1) is 0 Å². The van der Waals surface area contributed by atoms with Crippen LogP contribution in [-0.2, 0) is 19.6 Å². The van der Waals surface area contributed by atoms with Gasteiger partial charge in [-0.1, -0.05) is 78.9 Å². The Morgan fingerprint density at radius 2 is 1.20 bits per heavy atom. The first-order valence-electron chi connectivity index (χ1n) is 11.7. The number of benzene rings is 3. The third-order valence-corrected chi connectivity index (χ3v) is 8.02. The van der Waals surface area contributed by atoms with Gasteiger partial charge in [-0.2, -0.15) is 4.31 Å². The zero-order valence-corrected chi connectivity index (χ0v) is 20.2. The number of nitrogens with one attached hydrogen (secondary N) is 1. The summed E-state index contributed by atoms with van der Waals surface area (Å²) in [5.74, 6) is -0.353. The van der Waals surface area contributed by atoms with Gasteiger partial charge in [-0.3, -0.25) is 9.59 Å². The largest absolute Gasteiger partial charge is 0.345 e. The highest BCUT2D eigenvalue weighted by Crippen LogP contribution is 2.22. The molecule has 1 aliphatic heterocycles. The lowest BCUT2D eigenvalue weighted by Crippen LogP contribution is -2.50. The predicted molar refractivity (Wildman–Crippen MR) is 134 cm³/mol. The van der Waals surface area contributed by atoms with Gasteiger partial charge in [0.25, 0.3) is 0 Å². The normalized spacial score (nSPS) is 14.6. The average Bonchev–Trinajstić information content (AvgIpc) is 2.92. The molecule has 35 heavy (non-hydrogen) atoms. The molecule has 0 aliphatic carbocycles. The average molecular weight is 492 g/mol. The highest BCUT2D eigenvalue weighted by atomic mass is 32.2. The van der Waals surface area contributed by atoms with E-state index in [0.29, 0.717) is 13.1 Å². The fourth-order valence-corrected chi connectivity index (χ4v) is 5.62. The Labute approximate surface area is 206 Å². The third kappa shape index (κ3) is 6.15. The molecule has 4 rings (SSSR count). The summed E-state index contributed by atoms with van der Waals surface area (Å²) in [5, 5.41) is 3.06. The number of piperazine rings is 1. The smallest absolute Gasteiger partial charge is 0.243 e. The maximum absolute atomic E-state index is 12.8. The van der Waals surface area contributed by atoms with Crippen molar-refractivity contribution in [2.24, 2.45) is 0 Å². The van der Waals surface area contributed by atoms with Crippen molar-refractivity contribution in [2.45, 2.75) is 23.8 Å². The first-order chi connectivity index (χ1) is 16.9. The van der Waals surface area contributed by atoms with E-state index in [2.05, 4.69) is 5.32 Å². The summed E-state index contributed by atoms with van der Waals surface area (Å²) in [6.07, 6.45) is 0.144. The number of nitrogens with zero attached hydrogens (tertiary/aromatic N) is 2. The van der Waals surface area contributed by atoms with E-state index >= 15 is 0 Å². The van der Waals surface area contributed by atoms with Crippen LogP contribution in [0.5, 0.6) is 0 Å². The van der Waals surface area contributed by atoms with Crippen LogP contribution in [0, 0.1) is 0 Å². The number of carbonyl (C=O) groups excluding carboxylic acids is 2. The van der Waals surface area contributed by atoms with Crippen LogP contribution in [0.4, 0.5) is 0 Å². The Balaban J connectivity index is 1.30.